The molecule has 66 valence electrons. The third-order valence-electron chi connectivity index (χ3n) is 2.58. The summed E-state index contributed by atoms with van der Waals surface area (Å²) >= 11 is 0. The zero-order valence-electron chi connectivity index (χ0n) is 8.70. The Balaban J connectivity index is 2.24. The van der Waals surface area contributed by atoms with Crippen molar-refractivity contribution in [3.8, 4) is 0 Å². The first-order valence-corrected chi connectivity index (χ1v) is 4.79. The van der Waals surface area contributed by atoms with Crippen molar-refractivity contribution in [1.82, 2.24) is 0 Å². The average Bonchev–Trinajstić information content (AvgIpc) is 1.53. The Morgan fingerprint density at radius 2 is 1.64 bits per heavy atom. The van der Waals surface area contributed by atoms with Crippen LogP contribution in [0.5, 0.6) is 0 Å². The van der Waals surface area contributed by atoms with E-state index in [2.05, 4.69) is 34.6 Å². The molecule has 1 fully saturated rings. The van der Waals surface area contributed by atoms with E-state index in [1.165, 1.54) is 19.3 Å². The van der Waals surface area contributed by atoms with E-state index in [0.29, 0.717) is 10.8 Å². The number of hydrogen-bond acceptors (Lipinski definition) is 0. The molecule has 0 saturated heterocycles. The van der Waals surface area contributed by atoms with E-state index in [9.17, 15) is 0 Å². The summed E-state index contributed by atoms with van der Waals surface area (Å²) in [5.41, 5.74) is 1.21. The highest BCUT2D eigenvalue weighted by Gasteiger charge is 2.37. The third-order valence-corrected chi connectivity index (χ3v) is 2.58. The largest absolute Gasteiger partial charge is 0.0602 e. The van der Waals surface area contributed by atoms with Crippen molar-refractivity contribution < 1.29 is 0 Å². The first kappa shape index (κ1) is 9.09. The predicted octanol–water partition coefficient (Wildman–Crippen LogP) is 3.86. The maximum Gasteiger partial charge on any atom is -0.0349 e. The SMILES string of the molecule is CC(C)(C)CC1CC(C)(C)C1. The topological polar surface area (TPSA) is 0 Å². The van der Waals surface area contributed by atoms with Crippen LogP contribution in [-0.2, 0) is 0 Å². The first-order valence-electron chi connectivity index (χ1n) is 4.79. The molecule has 1 saturated carbocycles. The third kappa shape index (κ3) is 2.84. The van der Waals surface area contributed by atoms with Crippen LogP contribution in [0.3, 0.4) is 0 Å². The molecule has 0 spiro atoms. The molecule has 0 heteroatoms. The number of hydrogen-bond donors (Lipinski definition) is 0. The van der Waals surface area contributed by atoms with Gasteiger partial charge in [-0.2, -0.15) is 0 Å². The van der Waals surface area contributed by atoms with Crippen molar-refractivity contribution in [2.75, 3.05) is 0 Å². The second-order valence-corrected chi connectivity index (χ2v) is 6.20. The standard InChI is InChI=1S/C11H22/c1-10(2,3)6-9-7-11(4,5)8-9/h9H,6-8H2,1-5H3. The Morgan fingerprint density at radius 3 is 1.91 bits per heavy atom. The lowest BCUT2D eigenvalue weighted by molar-refractivity contribution is 0.0630. The Bertz CT molecular complexity index is 129. The first-order chi connectivity index (χ1) is 4.79. The minimum Gasteiger partial charge on any atom is -0.0602 e. The monoisotopic (exact) mass is 154 g/mol. The second-order valence-electron chi connectivity index (χ2n) is 6.20. The summed E-state index contributed by atoms with van der Waals surface area (Å²) in [4.78, 5) is 0. The van der Waals surface area contributed by atoms with Gasteiger partial charge in [0.1, 0.15) is 0 Å². The van der Waals surface area contributed by atoms with Gasteiger partial charge in [-0.15, -0.1) is 0 Å². The van der Waals surface area contributed by atoms with E-state index in [1.807, 2.05) is 0 Å². The van der Waals surface area contributed by atoms with Gasteiger partial charge in [-0.25, -0.2) is 0 Å². The maximum absolute atomic E-state index is 2.38. The van der Waals surface area contributed by atoms with E-state index in [0.717, 1.165) is 5.92 Å². The minimum atomic E-state index is 0.543. The molecule has 11 heavy (non-hydrogen) atoms. The van der Waals surface area contributed by atoms with Crippen LogP contribution in [0.4, 0.5) is 0 Å². The Labute approximate surface area is 71.4 Å². The van der Waals surface area contributed by atoms with Gasteiger partial charge in [0.05, 0.1) is 0 Å². The zero-order valence-corrected chi connectivity index (χ0v) is 8.70. The fourth-order valence-electron chi connectivity index (χ4n) is 2.51. The van der Waals surface area contributed by atoms with Gasteiger partial charge in [-0.05, 0) is 36.0 Å². The highest BCUT2D eigenvalue weighted by Crippen LogP contribution is 2.49. The summed E-state index contributed by atoms with van der Waals surface area (Å²) in [5, 5.41) is 0. The molecule has 0 nitrogen and oxygen atoms in total. The van der Waals surface area contributed by atoms with E-state index in [4.69, 9.17) is 0 Å². The zero-order chi connectivity index (χ0) is 8.70. The molecule has 1 rings (SSSR count). The van der Waals surface area contributed by atoms with Crippen LogP contribution in [0.1, 0.15) is 53.9 Å². The van der Waals surface area contributed by atoms with Crippen molar-refractivity contribution >= 4 is 0 Å². The van der Waals surface area contributed by atoms with Gasteiger partial charge >= 0.3 is 0 Å². The molecule has 0 atom stereocenters. The molecule has 0 aromatic rings. The van der Waals surface area contributed by atoms with Gasteiger partial charge in [-0.1, -0.05) is 34.6 Å². The Morgan fingerprint density at radius 1 is 1.18 bits per heavy atom. The van der Waals surface area contributed by atoms with Crippen LogP contribution in [0.25, 0.3) is 0 Å². The van der Waals surface area contributed by atoms with E-state index in [1.54, 1.807) is 0 Å². The van der Waals surface area contributed by atoms with E-state index in [-0.39, 0.29) is 0 Å². The van der Waals surface area contributed by atoms with Crippen LogP contribution >= 0.6 is 0 Å². The molecule has 1 aliphatic rings. The minimum absolute atomic E-state index is 0.543. The summed E-state index contributed by atoms with van der Waals surface area (Å²) in [6.07, 6.45) is 4.31. The van der Waals surface area contributed by atoms with Crippen molar-refractivity contribution in [2.45, 2.75) is 53.9 Å². The molecule has 1 aliphatic carbocycles. The molecule has 0 bridgehead atoms. The molecular weight excluding hydrogens is 132 g/mol. The van der Waals surface area contributed by atoms with Gasteiger partial charge in [0, 0.05) is 0 Å². The van der Waals surface area contributed by atoms with Crippen LogP contribution < -0.4 is 0 Å². The Kier molecular flexibility index (Phi) is 2.07. The molecule has 0 amide bonds. The molecular formula is C11H22. The van der Waals surface area contributed by atoms with Crippen molar-refractivity contribution in [3.05, 3.63) is 0 Å². The molecule has 0 N–H and O–H groups in total. The molecule has 0 aromatic carbocycles. The van der Waals surface area contributed by atoms with Gasteiger partial charge in [-0.3, -0.25) is 0 Å². The summed E-state index contributed by atoms with van der Waals surface area (Å²) in [5.74, 6) is 1.02. The fraction of sp³-hybridized carbons (Fsp3) is 1.00. The van der Waals surface area contributed by atoms with Crippen molar-refractivity contribution in [2.24, 2.45) is 16.7 Å². The van der Waals surface area contributed by atoms with Crippen molar-refractivity contribution in [3.63, 3.8) is 0 Å². The highest BCUT2D eigenvalue weighted by molar-refractivity contribution is 4.88. The predicted molar refractivity (Wildman–Crippen MR) is 50.6 cm³/mol. The quantitative estimate of drug-likeness (QED) is 0.538. The molecule has 0 aliphatic heterocycles. The molecule has 0 heterocycles. The van der Waals surface area contributed by atoms with Crippen molar-refractivity contribution in [1.29, 1.82) is 0 Å². The van der Waals surface area contributed by atoms with Crippen LogP contribution in [0.2, 0.25) is 0 Å². The average molecular weight is 154 g/mol. The van der Waals surface area contributed by atoms with Gasteiger partial charge in [0.2, 0.25) is 0 Å². The summed E-state index contributed by atoms with van der Waals surface area (Å²) in [6.45, 7) is 11.8. The Hall–Kier alpha value is 0. The molecule has 0 radical (unpaired) electrons. The summed E-state index contributed by atoms with van der Waals surface area (Å²) < 4.78 is 0. The van der Waals surface area contributed by atoms with Crippen LogP contribution in [-0.4, -0.2) is 0 Å². The normalized spacial score (nSPS) is 24.8. The summed E-state index contributed by atoms with van der Waals surface area (Å²) in [6, 6.07) is 0. The lowest BCUT2D eigenvalue weighted by Gasteiger charge is -2.45. The summed E-state index contributed by atoms with van der Waals surface area (Å²) in [7, 11) is 0. The molecule has 0 unspecified atom stereocenters. The lowest BCUT2D eigenvalue weighted by atomic mass is 9.61. The van der Waals surface area contributed by atoms with E-state index >= 15 is 0 Å². The van der Waals surface area contributed by atoms with Crippen LogP contribution in [0.15, 0.2) is 0 Å². The van der Waals surface area contributed by atoms with Gasteiger partial charge in [0.25, 0.3) is 0 Å². The maximum atomic E-state index is 2.38. The lowest BCUT2D eigenvalue weighted by Crippen LogP contribution is -2.33. The van der Waals surface area contributed by atoms with E-state index < -0.39 is 0 Å². The van der Waals surface area contributed by atoms with Crippen LogP contribution in [0, 0.1) is 16.7 Å². The smallest absolute Gasteiger partial charge is 0.0349 e. The highest BCUT2D eigenvalue weighted by atomic mass is 14.4. The van der Waals surface area contributed by atoms with Gasteiger partial charge < -0.3 is 0 Å². The number of rotatable bonds is 1. The second kappa shape index (κ2) is 2.50. The molecule has 0 aromatic heterocycles. The fourth-order valence-corrected chi connectivity index (χ4v) is 2.51. The van der Waals surface area contributed by atoms with Gasteiger partial charge in [0.15, 0.2) is 0 Å².